The first-order valence-corrected chi connectivity index (χ1v) is 11.8. The zero-order chi connectivity index (χ0) is 25.6. The molecule has 3 rings (SSSR count). The number of nitrogens with one attached hydrogen (secondary N) is 2. The maximum Gasteiger partial charge on any atom is 0.248 e. The van der Waals surface area contributed by atoms with Crippen LogP contribution in [-0.4, -0.2) is 60.4 Å². The minimum absolute atomic E-state index is 0.0913. The van der Waals surface area contributed by atoms with Crippen LogP contribution in [0.4, 0.5) is 17.6 Å². The summed E-state index contributed by atoms with van der Waals surface area (Å²) in [5.41, 5.74) is 0.850. The van der Waals surface area contributed by atoms with Gasteiger partial charge in [-0.3, -0.25) is 4.79 Å². The van der Waals surface area contributed by atoms with Crippen molar-refractivity contribution in [2.24, 2.45) is 10.9 Å². The Kier molecular flexibility index (Phi) is 8.91. The lowest BCUT2D eigenvalue weighted by molar-refractivity contribution is -0.117. The molecule has 0 spiro atoms. The van der Waals surface area contributed by atoms with Crippen molar-refractivity contribution in [1.29, 1.82) is 5.41 Å². The number of likely N-dealkylation sites (tertiary alicyclic amines) is 1. The molecular weight excluding hydrogens is 464 g/mol. The second-order valence-corrected chi connectivity index (χ2v) is 9.20. The number of hydrogen-bond donors (Lipinski definition) is 2. The van der Waals surface area contributed by atoms with Gasteiger partial charge in [-0.2, -0.15) is 0 Å². The van der Waals surface area contributed by atoms with Crippen molar-refractivity contribution in [3.63, 3.8) is 0 Å². The SMILES string of the molecule is C=C(NC(C)=O)c1ccc(OC2CCN(C(=NCF)C(F)C(=N)CC3CCCC(F)(F)C3)C2)cc1. The van der Waals surface area contributed by atoms with Crippen molar-refractivity contribution < 1.29 is 27.1 Å². The zero-order valence-corrected chi connectivity index (χ0v) is 19.8. The second-order valence-electron chi connectivity index (χ2n) is 9.20. The molecule has 1 aliphatic carbocycles. The highest BCUT2D eigenvalue weighted by molar-refractivity contribution is 6.08. The number of carbonyl (C=O) groups is 1. The van der Waals surface area contributed by atoms with Crippen LogP contribution < -0.4 is 10.1 Å². The molecule has 3 atom stereocenters. The van der Waals surface area contributed by atoms with Gasteiger partial charge in [-0.25, -0.2) is 22.6 Å². The largest absolute Gasteiger partial charge is 0.489 e. The van der Waals surface area contributed by atoms with Crippen LogP contribution in [0.25, 0.3) is 5.70 Å². The summed E-state index contributed by atoms with van der Waals surface area (Å²) >= 11 is 0. The molecule has 10 heteroatoms. The number of nitrogens with zero attached hydrogens (tertiary/aromatic N) is 2. The van der Waals surface area contributed by atoms with Gasteiger partial charge in [-0.1, -0.05) is 6.58 Å². The summed E-state index contributed by atoms with van der Waals surface area (Å²) in [4.78, 5) is 16.4. The maximum absolute atomic E-state index is 15.2. The summed E-state index contributed by atoms with van der Waals surface area (Å²) in [7, 11) is 0. The van der Waals surface area contributed by atoms with E-state index in [4.69, 9.17) is 10.1 Å². The second kappa shape index (κ2) is 11.7. The summed E-state index contributed by atoms with van der Waals surface area (Å²) < 4.78 is 61.6. The highest BCUT2D eigenvalue weighted by atomic mass is 19.3. The van der Waals surface area contributed by atoms with E-state index in [1.807, 2.05) is 0 Å². The molecule has 0 bridgehead atoms. The molecule has 1 aromatic carbocycles. The number of carbonyl (C=O) groups excluding carboxylic acids is 1. The molecule has 0 aromatic heterocycles. The van der Waals surface area contributed by atoms with E-state index in [2.05, 4.69) is 16.9 Å². The Morgan fingerprint density at radius 2 is 2.06 bits per heavy atom. The quantitative estimate of drug-likeness (QED) is 0.215. The topological polar surface area (TPSA) is 77.8 Å². The molecule has 2 aliphatic rings. The lowest BCUT2D eigenvalue weighted by atomic mass is 9.82. The first-order valence-electron chi connectivity index (χ1n) is 11.8. The summed E-state index contributed by atoms with van der Waals surface area (Å²) in [5.74, 6) is -3.07. The van der Waals surface area contributed by atoms with Gasteiger partial charge in [0, 0.05) is 38.4 Å². The molecule has 192 valence electrons. The number of amides is 1. The van der Waals surface area contributed by atoms with E-state index in [1.54, 1.807) is 29.2 Å². The number of ether oxygens (including phenoxy) is 1. The highest BCUT2D eigenvalue weighted by Crippen LogP contribution is 2.38. The van der Waals surface area contributed by atoms with Crippen LogP contribution in [0, 0.1) is 11.3 Å². The standard InChI is InChI=1S/C25H32F4N4O2/c1-16(32-17(2)34)19-5-7-20(8-6-19)35-21-9-11-33(14-21)24(31-15-26)23(27)22(30)12-18-4-3-10-25(28,29)13-18/h5-8,18,21,23,30H,1,3-4,9-15H2,2H3,(H,32,34). The van der Waals surface area contributed by atoms with Crippen LogP contribution in [-0.2, 0) is 4.79 Å². The number of aliphatic imine (C=N–C) groups is 1. The monoisotopic (exact) mass is 496 g/mol. The van der Waals surface area contributed by atoms with Gasteiger partial charge in [0.15, 0.2) is 13.0 Å². The summed E-state index contributed by atoms with van der Waals surface area (Å²) in [5, 5.41) is 10.8. The summed E-state index contributed by atoms with van der Waals surface area (Å²) in [6.07, 6.45) is -1.45. The molecule has 2 fully saturated rings. The fourth-order valence-electron chi connectivity index (χ4n) is 4.67. The Morgan fingerprint density at radius 3 is 2.69 bits per heavy atom. The Morgan fingerprint density at radius 1 is 1.34 bits per heavy atom. The van der Waals surface area contributed by atoms with Gasteiger partial charge >= 0.3 is 0 Å². The van der Waals surface area contributed by atoms with E-state index in [0.29, 0.717) is 37.3 Å². The van der Waals surface area contributed by atoms with Gasteiger partial charge in [0.25, 0.3) is 0 Å². The number of rotatable bonds is 9. The summed E-state index contributed by atoms with van der Waals surface area (Å²) in [6, 6.07) is 6.97. The van der Waals surface area contributed by atoms with Crippen molar-refractivity contribution in [3.05, 3.63) is 36.4 Å². The van der Waals surface area contributed by atoms with Gasteiger partial charge < -0.3 is 20.4 Å². The Hall–Kier alpha value is -2.91. The Bertz CT molecular complexity index is 951. The fraction of sp³-hybridized carbons (Fsp3) is 0.560. The number of benzene rings is 1. The molecule has 1 saturated heterocycles. The number of halogens is 4. The van der Waals surface area contributed by atoms with Gasteiger partial charge in [0.2, 0.25) is 11.8 Å². The van der Waals surface area contributed by atoms with E-state index < -0.39 is 24.8 Å². The van der Waals surface area contributed by atoms with Crippen LogP contribution >= 0.6 is 0 Å². The van der Waals surface area contributed by atoms with Crippen LogP contribution in [0.2, 0.25) is 0 Å². The lowest BCUT2D eigenvalue weighted by Gasteiger charge is -2.30. The molecule has 1 heterocycles. The fourth-order valence-corrected chi connectivity index (χ4v) is 4.67. The first kappa shape index (κ1) is 26.7. The Labute approximate surface area is 202 Å². The minimum atomic E-state index is -2.78. The van der Waals surface area contributed by atoms with Crippen LogP contribution in [0.3, 0.4) is 0 Å². The third-order valence-electron chi connectivity index (χ3n) is 6.31. The van der Waals surface area contributed by atoms with Gasteiger partial charge in [0.05, 0.1) is 12.3 Å². The van der Waals surface area contributed by atoms with Crippen LogP contribution in [0.15, 0.2) is 35.8 Å². The highest BCUT2D eigenvalue weighted by Gasteiger charge is 2.38. The summed E-state index contributed by atoms with van der Waals surface area (Å²) in [6.45, 7) is 4.70. The molecule has 1 saturated carbocycles. The van der Waals surface area contributed by atoms with E-state index in [9.17, 15) is 18.0 Å². The predicted octanol–water partition coefficient (Wildman–Crippen LogP) is 5.15. The van der Waals surface area contributed by atoms with Crippen molar-refractivity contribution in [2.45, 2.75) is 63.6 Å². The molecule has 1 aliphatic heterocycles. The molecule has 2 N–H and O–H groups in total. The normalized spacial score (nSPS) is 23.0. The molecule has 6 nitrogen and oxygen atoms in total. The zero-order valence-electron chi connectivity index (χ0n) is 19.8. The van der Waals surface area contributed by atoms with Gasteiger partial charge in [-0.15, -0.1) is 0 Å². The van der Waals surface area contributed by atoms with Gasteiger partial charge in [0.1, 0.15) is 17.7 Å². The third kappa shape index (κ3) is 7.53. The van der Waals surface area contributed by atoms with Crippen molar-refractivity contribution >= 4 is 23.2 Å². The molecule has 1 aromatic rings. The predicted molar refractivity (Wildman–Crippen MR) is 127 cm³/mol. The molecule has 35 heavy (non-hydrogen) atoms. The maximum atomic E-state index is 15.2. The molecule has 0 radical (unpaired) electrons. The van der Waals surface area contributed by atoms with Crippen LogP contribution in [0.5, 0.6) is 5.75 Å². The molecule has 1 amide bonds. The van der Waals surface area contributed by atoms with E-state index >= 15 is 4.39 Å². The van der Waals surface area contributed by atoms with Crippen molar-refractivity contribution in [3.8, 4) is 5.75 Å². The number of alkyl halides is 4. The van der Waals surface area contributed by atoms with Gasteiger partial charge in [-0.05, 0) is 55.0 Å². The average molecular weight is 497 g/mol. The third-order valence-corrected chi connectivity index (χ3v) is 6.31. The van der Waals surface area contributed by atoms with Crippen molar-refractivity contribution in [1.82, 2.24) is 10.2 Å². The first-order chi connectivity index (χ1) is 16.6. The van der Waals surface area contributed by atoms with E-state index in [-0.39, 0.29) is 49.4 Å². The van der Waals surface area contributed by atoms with E-state index in [1.165, 1.54) is 6.92 Å². The van der Waals surface area contributed by atoms with E-state index in [0.717, 1.165) is 5.56 Å². The minimum Gasteiger partial charge on any atom is -0.489 e. The molecular formula is C25H32F4N4O2. The Balaban J connectivity index is 1.57. The smallest absolute Gasteiger partial charge is 0.248 e. The lowest BCUT2D eigenvalue weighted by Crippen LogP contribution is -2.41. The van der Waals surface area contributed by atoms with Crippen molar-refractivity contribution in [2.75, 3.05) is 19.9 Å². The number of hydrogen-bond acceptors (Lipinski definition) is 4. The number of amidine groups is 1. The molecule has 3 unspecified atom stereocenters. The van der Waals surface area contributed by atoms with Crippen LogP contribution in [0.1, 0.15) is 51.0 Å². The average Bonchev–Trinajstić information content (AvgIpc) is 3.24.